The van der Waals surface area contributed by atoms with E-state index in [1.807, 2.05) is 16.0 Å². The first-order chi connectivity index (χ1) is 9.69. The second kappa shape index (κ2) is 5.40. The summed E-state index contributed by atoms with van der Waals surface area (Å²) in [6, 6.07) is 3.98. The molecule has 2 heterocycles. The summed E-state index contributed by atoms with van der Waals surface area (Å²) < 4.78 is 20.7. The zero-order valence-corrected chi connectivity index (χ0v) is 11.9. The fourth-order valence-corrected chi connectivity index (χ4v) is 2.85. The van der Waals surface area contributed by atoms with Crippen molar-refractivity contribution in [2.24, 2.45) is 5.73 Å². The van der Waals surface area contributed by atoms with Crippen molar-refractivity contribution < 1.29 is 9.13 Å². The lowest BCUT2D eigenvalue weighted by Crippen LogP contribution is -2.05. The highest BCUT2D eigenvalue weighted by Gasteiger charge is 2.16. The quantitative estimate of drug-likeness (QED) is 0.802. The molecule has 0 saturated heterocycles. The summed E-state index contributed by atoms with van der Waals surface area (Å²) in [7, 11) is 0. The Labute approximate surface area is 123 Å². The van der Waals surface area contributed by atoms with E-state index in [4.69, 9.17) is 22.1 Å². The Bertz CT molecular complexity index is 755. The average Bonchev–Trinajstić information content (AvgIpc) is 2.96. The maximum absolute atomic E-state index is 13.0. The van der Waals surface area contributed by atoms with Gasteiger partial charge in [0.1, 0.15) is 11.6 Å². The van der Waals surface area contributed by atoms with E-state index in [1.54, 1.807) is 0 Å². The molecule has 0 saturated carbocycles. The van der Waals surface area contributed by atoms with Gasteiger partial charge in [0.15, 0.2) is 4.96 Å². The largest absolute Gasteiger partial charge is 0.436 e. The average molecular weight is 312 g/mol. The van der Waals surface area contributed by atoms with Gasteiger partial charge in [-0.25, -0.2) is 4.39 Å². The number of aromatic nitrogens is 2. The van der Waals surface area contributed by atoms with Gasteiger partial charge in [-0.3, -0.25) is 4.40 Å². The Balaban J connectivity index is 2.01. The Hall–Kier alpha value is -1.63. The fraction of sp³-hybridized carbons (Fsp3) is 0.154. The second-order valence-electron chi connectivity index (χ2n) is 4.13. The van der Waals surface area contributed by atoms with Gasteiger partial charge in [0.05, 0.1) is 10.7 Å². The standard InChI is InChI=1S/C13H11ClFN3OS/c14-9-7-8(15)1-2-11(9)19-12-10(3-4-16)18-5-6-20-13(18)17-12/h1-2,5-7H,3-4,16H2. The van der Waals surface area contributed by atoms with Crippen molar-refractivity contribution in [1.29, 1.82) is 0 Å². The summed E-state index contributed by atoms with van der Waals surface area (Å²) in [5, 5.41) is 2.15. The Morgan fingerprint density at radius 1 is 1.45 bits per heavy atom. The number of nitrogens with two attached hydrogens (primary N) is 1. The summed E-state index contributed by atoms with van der Waals surface area (Å²) in [6.45, 7) is 0.483. The molecule has 0 aliphatic heterocycles. The maximum Gasteiger partial charge on any atom is 0.242 e. The molecule has 0 bridgehead atoms. The lowest BCUT2D eigenvalue weighted by molar-refractivity contribution is 0.458. The lowest BCUT2D eigenvalue weighted by atomic mass is 10.3. The van der Waals surface area contributed by atoms with Crippen LogP contribution in [0.2, 0.25) is 5.02 Å². The number of benzene rings is 1. The number of thiazole rings is 1. The van der Waals surface area contributed by atoms with Crippen molar-refractivity contribution in [2.45, 2.75) is 6.42 Å². The van der Waals surface area contributed by atoms with E-state index in [1.165, 1.54) is 29.5 Å². The van der Waals surface area contributed by atoms with Gasteiger partial charge in [0, 0.05) is 18.0 Å². The third kappa shape index (κ3) is 2.37. The molecular weight excluding hydrogens is 301 g/mol. The van der Waals surface area contributed by atoms with E-state index < -0.39 is 5.82 Å². The van der Waals surface area contributed by atoms with Crippen LogP contribution in [0.5, 0.6) is 11.6 Å². The number of ether oxygens (including phenoxy) is 1. The van der Waals surface area contributed by atoms with E-state index in [0.717, 1.165) is 10.7 Å². The SMILES string of the molecule is NCCc1c(Oc2ccc(F)cc2Cl)nc2sccn12. The molecule has 2 N–H and O–H groups in total. The Morgan fingerprint density at radius 2 is 2.30 bits per heavy atom. The predicted octanol–water partition coefficient (Wildman–Crippen LogP) is 3.48. The zero-order chi connectivity index (χ0) is 14.1. The molecule has 0 radical (unpaired) electrons. The summed E-state index contributed by atoms with van der Waals surface area (Å²) in [4.78, 5) is 5.22. The van der Waals surface area contributed by atoms with Gasteiger partial charge in [-0.2, -0.15) is 4.98 Å². The zero-order valence-electron chi connectivity index (χ0n) is 10.3. The van der Waals surface area contributed by atoms with E-state index >= 15 is 0 Å². The van der Waals surface area contributed by atoms with Crippen LogP contribution in [-0.4, -0.2) is 15.9 Å². The first kappa shape index (κ1) is 13.4. The summed E-state index contributed by atoms with van der Waals surface area (Å²) in [5.74, 6) is 0.420. The van der Waals surface area contributed by atoms with Gasteiger partial charge in [-0.15, -0.1) is 11.3 Å². The normalized spacial score (nSPS) is 11.2. The third-order valence-corrected chi connectivity index (χ3v) is 3.86. The Kier molecular flexibility index (Phi) is 3.60. The monoisotopic (exact) mass is 311 g/mol. The highest BCUT2D eigenvalue weighted by molar-refractivity contribution is 7.15. The number of rotatable bonds is 4. The molecule has 0 unspecified atom stereocenters. The molecule has 7 heteroatoms. The van der Waals surface area contributed by atoms with E-state index in [0.29, 0.717) is 24.6 Å². The topological polar surface area (TPSA) is 52.5 Å². The van der Waals surface area contributed by atoms with Crippen LogP contribution < -0.4 is 10.5 Å². The van der Waals surface area contributed by atoms with Crippen molar-refractivity contribution in [1.82, 2.24) is 9.38 Å². The minimum Gasteiger partial charge on any atom is -0.436 e. The number of hydrogen-bond acceptors (Lipinski definition) is 4. The van der Waals surface area contributed by atoms with Gasteiger partial charge in [0.25, 0.3) is 0 Å². The first-order valence-corrected chi connectivity index (χ1v) is 7.22. The molecule has 2 aromatic heterocycles. The van der Waals surface area contributed by atoms with Crippen molar-refractivity contribution in [2.75, 3.05) is 6.54 Å². The molecule has 0 aliphatic rings. The van der Waals surface area contributed by atoms with E-state index in [-0.39, 0.29) is 5.02 Å². The molecule has 20 heavy (non-hydrogen) atoms. The molecular formula is C13H11ClFN3OS. The minimum atomic E-state index is -0.407. The summed E-state index contributed by atoms with van der Waals surface area (Å²) in [6.07, 6.45) is 2.54. The minimum absolute atomic E-state index is 0.208. The van der Waals surface area contributed by atoms with Crippen molar-refractivity contribution >= 4 is 27.9 Å². The number of hydrogen-bond donors (Lipinski definition) is 1. The molecule has 4 nitrogen and oxygen atoms in total. The van der Waals surface area contributed by atoms with Crippen LogP contribution in [0.1, 0.15) is 5.69 Å². The van der Waals surface area contributed by atoms with E-state index in [9.17, 15) is 4.39 Å². The molecule has 3 rings (SSSR count). The molecule has 104 valence electrons. The van der Waals surface area contributed by atoms with Crippen LogP contribution in [0.25, 0.3) is 4.96 Å². The lowest BCUT2D eigenvalue weighted by Gasteiger charge is -2.07. The molecule has 0 fully saturated rings. The summed E-state index contributed by atoms with van der Waals surface area (Å²) in [5.41, 5.74) is 6.50. The Morgan fingerprint density at radius 3 is 3.05 bits per heavy atom. The van der Waals surface area contributed by atoms with E-state index in [2.05, 4.69) is 4.98 Å². The van der Waals surface area contributed by atoms with Crippen molar-refractivity contribution in [3.05, 3.63) is 46.3 Å². The van der Waals surface area contributed by atoms with Gasteiger partial charge < -0.3 is 10.5 Å². The van der Waals surface area contributed by atoms with Crippen LogP contribution >= 0.6 is 22.9 Å². The van der Waals surface area contributed by atoms with Crippen LogP contribution in [-0.2, 0) is 6.42 Å². The highest BCUT2D eigenvalue weighted by atomic mass is 35.5. The van der Waals surface area contributed by atoms with Crippen molar-refractivity contribution in [3.63, 3.8) is 0 Å². The fourth-order valence-electron chi connectivity index (χ4n) is 1.92. The number of nitrogens with zero attached hydrogens (tertiary/aromatic N) is 2. The number of imidazole rings is 1. The van der Waals surface area contributed by atoms with Crippen LogP contribution in [0.3, 0.4) is 0 Å². The number of fused-ring (bicyclic) bond motifs is 1. The third-order valence-electron chi connectivity index (χ3n) is 2.81. The van der Waals surface area contributed by atoms with Crippen LogP contribution in [0.4, 0.5) is 4.39 Å². The molecule has 0 atom stereocenters. The molecule has 0 aliphatic carbocycles. The van der Waals surface area contributed by atoms with Crippen molar-refractivity contribution in [3.8, 4) is 11.6 Å². The first-order valence-electron chi connectivity index (χ1n) is 5.96. The smallest absolute Gasteiger partial charge is 0.242 e. The van der Waals surface area contributed by atoms with Gasteiger partial charge >= 0.3 is 0 Å². The second-order valence-corrected chi connectivity index (χ2v) is 5.41. The van der Waals surface area contributed by atoms with Gasteiger partial charge in [0.2, 0.25) is 5.88 Å². The van der Waals surface area contributed by atoms with Gasteiger partial charge in [-0.05, 0) is 24.7 Å². The molecule has 0 spiro atoms. The van der Waals surface area contributed by atoms with Crippen LogP contribution in [0, 0.1) is 5.82 Å². The highest BCUT2D eigenvalue weighted by Crippen LogP contribution is 2.32. The molecule has 1 aromatic carbocycles. The maximum atomic E-state index is 13.0. The predicted molar refractivity (Wildman–Crippen MR) is 77.3 cm³/mol. The molecule has 0 amide bonds. The van der Waals surface area contributed by atoms with Gasteiger partial charge in [-0.1, -0.05) is 11.6 Å². The van der Waals surface area contributed by atoms with Crippen LogP contribution in [0.15, 0.2) is 29.8 Å². The summed E-state index contributed by atoms with van der Waals surface area (Å²) >= 11 is 7.46. The molecule has 3 aromatic rings. The number of halogens is 2.